The van der Waals surface area contributed by atoms with Crippen molar-refractivity contribution in [3.05, 3.63) is 0 Å². The number of aliphatic carboxylic acids is 1. The molecule has 0 spiro atoms. The van der Waals surface area contributed by atoms with E-state index in [4.69, 9.17) is 5.11 Å². The number of rotatable bonds is 5. The SMILES string of the molecule is CCC(=O)C(C(=O)O)C(=O)CC. The van der Waals surface area contributed by atoms with E-state index in [0.717, 1.165) is 0 Å². The largest absolute Gasteiger partial charge is 0.480 e. The van der Waals surface area contributed by atoms with E-state index in [9.17, 15) is 14.4 Å². The molecule has 0 heterocycles. The third kappa shape index (κ3) is 2.45. The number of hydrogen-bond acceptors (Lipinski definition) is 3. The number of carbonyl (C=O) groups excluding carboxylic acids is 2. The lowest BCUT2D eigenvalue weighted by atomic mass is 9.96. The lowest BCUT2D eigenvalue weighted by Gasteiger charge is -2.06. The van der Waals surface area contributed by atoms with Crippen LogP contribution in [-0.4, -0.2) is 22.6 Å². The molecule has 4 nitrogen and oxygen atoms in total. The Morgan fingerprint density at radius 3 is 1.58 bits per heavy atom. The second kappa shape index (κ2) is 4.64. The van der Waals surface area contributed by atoms with Gasteiger partial charge in [-0.2, -0.15) is 0 Å². The molecular weight excluding hydrogens is 160 g/mol. The van der Waals surface area contributed by atoms with Gasteiger partial charge in [-0.05, 0) is 0 Å². The summed E-state index contributed by atoms with van der Waals surface area (Å²) in [5.41, 5.74) is 0. The second-order valence-electron chi connectivity index (χ2n) is 2.41. The number of ketones is 2. The fourth-order valence-electron chi connectivity index (χ4n) is 0.863. The molecule has 68 valence electrons. The number of carboxylic acid groups (broad SMARTS) is 1. The highest BCUT2D eigenvalue weighted by molar-refractivity contribution is 6.16. The zero-order valence-electron chi connectivity index (χ0n) is 7.16. The van der Waals surface area contributed by atoms with Crippen molar-refractivity contribution < 1.29 is 19.5 Å². The summed E-state index contributed by atoms with van der Waals surface area (Å²) >= 11 is 0. The Balaban J connectivity index is 4.55. The van der Waals surface area contributed by atoms with E-state index >= 15 is 0 Å². The van der Waals surface area contributed by atoms with Crippen molar-refractivity contribution >= 4 is 17.5 Å². The maximum Gasteiger partial charge on any atom is 0.321 e. The predicted octanol–water partition coefficient (Wildman–Crippen LogP) is 0.645. The quantitative estimate of drug-likeness (QED) is 0.618. The molecule has 0 aliphatic rings. The fraction of sp³-hybridized carbons (Fsp3) is 0.625. The van der Waals surface area contributed by atoms with Crippen LogP contribution in [0.2, 0.25) is 0 Å². The minimum atomic E-state index is -1.44. The molecule has 1 N–H and O–H groups in total. The molecule has 0 radical (unpaired) electrons. The highest BCUT2D eigenvalue weighted by Gasteiger charge is 2.30. The van der Waals surface area contributed by atoms with Crippen molar-refractivity contribution in [3.8, 4) is 0 Å². The Kier molecular flexibility index (Phi) is 4.18. The molecule has 0 unspecified atom stereocenters. The molecule has 0 aliphatic carbocycles. The first kappa shape index (κ1) is 10.8. The van der Waals surface area contributed by atoms with E-state index < -0.39 is 23.5 Å². The molecule has 0 aromatic heterocycles. The van der Waals surface area contributed by atoms with Gasteiger partial charge in [-0.15, -0.1) is 0 Å². The van der Waals surface area contributed by atoms with Gasteiger partial charge < -0.3 is 5.11 Å². The Morgan fingerprint density at radius 1 is 1.08 bits per heavy atom. The molecular formula is C8H12O4. The summed E-state index contributed by atoms with van der Waals surface area (Å²) in [6, 6.07) is 0. The molecule has 0 saturated carbocycles. The minimum absolute atomic E-state index is 0.0860. The lowest BCUT2D eigenvalue weighted by molar-refractivity contribution is -0.150. The van der Waals surface area contributed by atoms with E-state index in [2.05, 4.69) is 0 Å². The van der Waals surface area contributed by atoms with E-state index in [1.165, 1.54) is 0 Å². The van der Waals surface area contributed by atoms with Crippen LogP contribution in [-0.2, 0) is 14.4 Å². The standard InChI is InChI=1S/C8H12O4/c1-3-5(9)7(8(11)12)6(10)4-2/h7H,3-4H2,1-2H3,(H,11,12). The average Bonchev–Trinajstić information content (AvgIpc) is 2.03. The van der Waals surface area contributed by atoms with Gasteiger partial charge in [0, 0.05) is 12.8 Å². The van der Waals surface area contributed by atoms with E-state index in [0.29, 0.717) is 0 Å². The van der Waals surface area contributed by atoms with Crippen molar-refractivity contribution in [3.63, 3.8) is 0 Å². The highest BCUT2D eigenvalue weighted by Crippen LogP contribution is 2.06. The second-order valence-corrected chi connectivity index (χ2v) is 2.41. The van der Waals surface area contributed by atoms with Crippen LogP contribution in [0.5, 0.6) is 0 Å². The predicted molar refractivity (Wildman–Crippen MR) is 41.7 cm³/mol. The van der Waals surface area contributed by atoms with Crippen LogP contribution in [0.25, 0.3) is 0 Å². The van der Waals surface area contributed by atoms with Gasteiger partial charge in [-0.25, -0.2) is 0 Å². The summed E-state index contributed by atoms with van der Waals surface area (Å²) in [7, 11) is 0. The van der Waals surface area contributed by atoms with Gasteiger partial charge in [0.1, 0.15) is 0 Å². The van der Waals surface area contributed by atoms with Crippen molar-refractivity contribution in [1.82, 2.24) is 0 Å². The average molecular weight is 172 g/mol. The smallest absolute Gasteiger partial charge is 0.321 e. The van der Waals surface area contributed by atoms with Crippen LogP contribution in [0, 0.1) is 5.92 Å². The Morgan fingerprint density at radius 2 is 1.42 bits per heavy atom. The fourth-order valence-corrected chi connectivity index (χ4v) is 0.863. The van der Waals surface area contributed by atoms with Gasteiger partial charge >= 0.3 is 5.97 Å². The summed E-state index contributed by atoms with van der Waals surface area (Å²) in [5, 5.41) is 8.53. The first-order chi connectivity index (χ1) is 5.54. The van der Waals surface area contributed by atoms with Crippen LogP contribution in [0.3, 0.4) is 0 Å². The molecule has 0 rings (SSSR count). The summed E-state index contributed by atoms with van der Waals surface area (Å²) in [4.78, 5) is 32.4. The van der Waals surface area contributed by atoms with E-state index in [-0.39, 0.29) is 12.8 Å². The number of carbonyl (C=O) groups is 3. The number of carboxylic acids is 1. The van der Waals surface area contributed by atoms with Crippen molar-refractivity contribution in [2.24, 2.45) is 5.92 Å². The molecule has 0 aromatic carbocycles. The minimum Gasteiger partial charge on any atom is -0.480 e. The first-order valence-corrected chi connectivity index (χ1v) is 3.82. The summed E-state index contributed by atoms with van der Waals surface area (Å²) in [6.07, 6.45) is 0.172. The molecule has 0 saturated heterocycles. The maximum atomic E-state index is 11.0. The Bertz CT molecular complexity index is 191. The lowest BCUT2D eigenvalue weighted by Crippen LogP contribution is -2.30. The third-order valence-electron chi connectivity index (χ3n) is 1.59. The van der Waals surface area contributed by atoms with Gasteiger partial charge in [0.15, 0.2) is 17.5 Å². The first-order valence-electron chi connectivity index (χ1n) is 3.82. The van der Waals surface area contributed by atoms with Crippen LogP contribution in [0.1, 0.15) is 26.7 Å². The van der Waals surface area contributed by atoms with Gasteiger partial charge in [-0.1, -0.05) is 13.8 Å². The molecule has 0 aromatic rings. The monoisotopic (exact) mass is 172 g/mol. The van der Waals surface area contributed by atoms with Crippen molar-refractivity contribution in [2.45, 2.75) is 26.7 Å². The maximum absolute atomic E-state index is 11.0. The summed E-state index contributed by atoms with van der Waals surface area (Å²) in [6.45, 7) is 3.09. The van der Waals surface area contributed by atoms with E-state index in [1.54, 1.807) is 13.8 Å². The van der Waals surface area contributed by atoms with Crippen LogP contribution in [0.4, 0.5) is 0 Å². The van der Waals surface area contributed by atoms with Gasteiger partial charge in [-0.3, -0.25) is 14.4 Å². The molecule has 12 heavy (non-hydrogen) atoms. The Labute approximate surface area is 70.6 Å². The van der Waals surface area contributed by atoms with Gasteiger partial charge in [0.2, 0.25) is 0 Å². The van der Waals surface area contributed by atoms with Gasteiger partial charge in [0.25, 0.3) is 0 Å². The van der Waals surface area contributed by atoms with Crippen LogP contribution >= 0.6 is 0 Å². The zero-order valence-corrected chi connectivity index (χ0v) is 7.16. The molecule has 0 amide bonds. The molecule has 0 bridgehead atoms. The summed E-state index contributed by atoms with van der Waals surface area (Å²) in [5.74, 6) is -3.82. The normalized spacial score (nSPS) is 9.92. The Hall–Kier alpha value is -1.19. The molecule has 0 atom stereocenters. The zero-order chi connectivity index (χ0) is 9.72. The van der Waals surface area contributed by atoms with Gasteiger partial charge in [0.05, 0.1) is 0 Å². The molecule has 0 aliphatic heterocycles. The topological polar surface area (TPSA) is 71.4 Å². The van der Waals surface area contributed by atoms with Crippen LogP contribution in [0.15, 0.2) is 0 Å². The third-order valence-corrected chi connectivity index (χ3v) is 1.59. The van der Waals surface area contributed by atoms with E-state index in [1.807, 2.05) is 0 Å². The molecule has 0 fully saturated rings. The highest BCUT2D eigenvalue weighted by atomic mass is 16.4. The summed E-state index contributed by atoms with van der Waals surface area (Å²) < 4.78 is 0. The van der Waals surface area contributed by atoms with Crippen LogP contribution < -0.4 is 0 Å². The number of Topliss-reactive ketones (excluding diaryl/α,β-unsaturated/α-hetero) is 2. The van der Waals surface area contributed by atoms with Crippen molar-refractivity contribution in [1.29, 1.82) is 0 Å². The number of hydrogen-bond donors (Lipinski definition) is 1. The van der Waals surface area contributed by atoms with Crippen molar-refractivity contribution in [2.75, 3.05) is 0 Å². The molecule has 4 heteroatoms.